The first-order valence-electron chi connectivity index (χ1n) is 7.41. The van der Waals surface area contributed by atoms with Crippen LogP contribution in [0.5, 0.6) is 0 Å². The van der Waals surface area contributed by atoms with Crippen LogP contribution in [0.2, 0.25) is 0 Å². The van der Waals surface area contributed by atoms with Crippen LogP contribution < -0.4 is 5.32 Å². The molecule has 0 heterocycles. The summed E-state index contributed by atoms with van der Waals surface area (Å²) in [5, 5.41) is 3.50. The van der Waals surface area contributed by atoms with Gasteiger partial charge in [0.15, 0.2) is 0 Å². The van der Waals surface area contributed by atoms with E-state index in [-0.39, 0.29) is 0 Å². The third kappa shape index (κ3) is 11.3. The van der Waals surface area contributed by atoms with Crippen LogP contribution in [-0.2, 0) is 9.47 Å². The highest BCUT2D eigenvalue weighted by atomic mass is 16.5. The van der Waals surface area contributed by atoms with Gasteiger partial charge < -0.3 is 19.7 Å². The van der Waals surface area contributed by atoms with Crippen LogP contribution in [0, 0.1) is 0 Å². The largest absolute Gasteiger partial charge is 0.383 e. The van der Waals surface area contributed by atoms with Crippen molar-refractivity contribution in [3.8, 4) is 0 Å². The van der Waals surface area contributed by atoms with Crippen LogP contribution in [0.4, 0.5) is 0 Å². The lowest BCUT2D eigenvalue weighted by Crippen LogP contribution is -2.38. The Hall–Kier alpha value is -0.200. The van der Waals surface area contributed by atoms with Gasteiger partial charge in [0.05, 0.1) is 13.2 Å². The molecule has 0 atom stereocenters. The second kappa shape index (κ2) is 14.2. The molecule has 0 aliphatic carbocycles. The minimum absolute atomic E-state index is 0.781. The molecule has 0 aromatic heterocycles. The summed E-state index contributed by atoms with van der Waals surface area (Å²) in [4.78, 5) is 4.80. The number of rotatable bonds is 14. The topological polar surface area (TPSA) is 37.0 Å². The SMILES string of the molecule is CCN(CC)CCNCCN(CCOC)CCOC. The van der Waals surface area contributed by atoms with Crippen molar-refractivity contribution in [1.82, 2.24) is 15.1 Å². The monoisotopic (exact) mass is 275 g/mol. The van der Waals surface area contributed by atoms with Gasteiger partial charge in [-0.3, -0.25) is 4.90 Å². The second-order valence-corrected chi connectivity index (χ2v) is 4.60. The standard InChI is InChI=1S/C14H33N3O2/c1-5-16(6-2)9-7-15-8-10-17(11-13-18-3)12-14-19-4/h15H,5-14H2,1-4H3. The summed E-state index contributed by atoms with van der Waals surface area (Å²) in [6.45, 7) is 14.4. The minimum atomic E-state index is 0.781. The first-order valence-corrected chi connectivity index (χ1v) is 7.41. The van der Waals surface area contributed by atoms with E-state index in [9.17, 15) is 0 Å². The molecule has 5 nitrogen and oxygen atoms in total. The summed E-state index contributed by atoms with van der Waals surface area (Å²) >= 11 is 0. The van der Waals surface area contributed by atoms with Crippen LogP contribution >= 0.6 is 0 Å². The molecule has 0 aliphatic rings. The molecule has 116 valence electrons. The predicted octanol–water partition coefficient (Wildman–Crippen LogP) is 0.513. The average molecular weight is 275 g/mol. The molecule has 0 aromatic carbocycles. The number of hydrogen-bond acceptors (Lipinski definition) is 5. The maximum Gasteiger partial charge on any atom is 0.0589 e. The average Bonchev–Trinajstić information content (AvgIpc) is 2.44. The van der Waals surface area contributed by atoms with E-state index >= 15 is 0 Å². The molecule has 0 bridgehead atoms. The summed E-state index contributed by atoms with van der Waals surface area (Å²) in [6.07, 6.45) is 0. The molecule has 19 heavy (non-hydrogen) atoms. The van der Waals surface area contributed by atoms with Crippen molar-refractivity contribution in [3.63, 3.8) is 0 Å². The molecular weight excluding hydrogens is 242 g/mol. The highest BCUT2D eigenvalue weighted by molar-refractivity contribution is 4.61. The summed E-state index contributed by atoms with van der Waals surface area (Å²) in [5.41, 5.74) is 0. The quantitative estimate of drug-likeness (QED) is 0.468. The van der Waals surface area contributed by atoms with Gasteiger partial charge in [-0.2, -0.15) is 0 Å². The van der Waals surface area contributed by atoms with Crippen molar-refractivity contribution in [2.75, 3.05) is 79.8 Å². The highest BCUT2D eigenvalue weighted by Crippen LogP contribution is 1.89. The van der Waals surface area contributed by atoms with Gasteiger partial charge in [-0.15, -0.1) is 0 Å². The molecule has 0 fully saturated rings. The van der Waals surface area contributed by atoms with Gasteiger partial charge in [-0.25, -0.2) is 0 Å². The number of hydrogen-bond donors (Lipinski definition) is 1. The van der Waals surface area contributed by atoms with Gasteiger partial charge in [0.2, 0.25) is 0 Å². The number of nitrogens with zero attached hydrogens (tertiary/aromatic N) is 2. The molecule has 0 spiro atoms. The second-order valence-electron chi connectivity index (χ2n) is 4.60. The zero-order chi connectivity index (χ0) is 14.3. The van der Waals surface area contributed by atoms with E-state index in [4.69, 9.17) is 9.47 Å². The Bertz CT molecular complexity index is 170. The van der Waals surface area contributed by atoms with Gasteiger partial charge in [0, 0.05) is 53.5 Å². The summed E-state index contributed by atoms with van der Waals surface area (Å²) in [5.74, 6) is 0. The molecule has 0 unspecified atom stereocenters. The van der Waals surface area contributed by atoms with E-state index in [2.05, 4.69) is 29.0 Å². The minimum Gasteiger partial charge on any atom is -0.383 e. The summed E-state index contributed by atoms with van der Waals surface area (Å²) in [6, 6.07) is 0. The molecule has 5 heteroatoms. The van der Waals surface area contributed by atoms with Crippen LogP contribution in [0.3, 0.4) is 0 Å². The fourth-order valence-electron chi connectivity index (χ4n) is 1.92. The summed E-state index contributed by atoms with van der Waals surface area (Å²) < 4.78 is 10.3. The van der Waals surface area contributed by atoms with Crippen LogP contribution in [-0.4, -0.2) is 89.6 Å². The lowest BCUT2D eigenvalue weighted by atomic mass is 10.4. The molecule has 0 saturated heterocycles. The van der Waals surface area contributed by atoms with Crippen LogP contribution in [0.15, 0.2) is 0 Å². The van der Waals surface area contributed by atoms with E-state index < -0.39 is 0 Å². The van der Waals surface area contributed by atoms with Gasteiger partial charge in [-0.05, 0) is 13.1 Å². The molecular formula is C14H33N3O2. The van der Waals surface area contributed by atoms with E-state index in [1.54, 1.807) is 14.2 Å². The number of methoxy groups -OCH3 is 2. The van der Waals surface area contributed by atoms with Gasteiger partial charge in [0.25, 0.3) is 0 Å². The Morgan fingerprint density at radius 1 is 0.737 bits per heavy atom. The Morgan fingerprint density at radius 2 is 1.21 bits per heavy atom. The Labute approximate surface area is 119 Å². The van der Waals surface area contributed by atoms with E-state index in [1.165, 1.54) is 0 Å². The molecule has 0 rings (SSSR count). The third-order valence-corrected chi connectivity index (χ3v) is 3.33. The van der Waals surface area contributed by atoms with E-state index in [0.717, 1.165) is 65.6 Å². The Kier molecular flexibility index (Phi) is 14.1. The Balaban J connectivity index is 3.61. The first-order chi connectivity index (χ1) is 9.28. The maximum atomic E-state index is 5.13. The fourth-order valence-corrected chi connectivity index (χ4v) is 1.92. The smallest absolute Gasteiger partial charge is 0.0589 e. The van der Waals surface area contributed by atoms with Crippen molar-refractivity contribution < 1.29 is 9.47 Å². The lowest BCUT2D eigenvalue weighted by molar-refractivity contribution is 0.114. The summed E-state index contributed by atoms with van der Waals surface area (Å²) in [7, 11) is 3.49. The highest BCUT2D eigenvalue weighted by Gasteiger charge is 2.04. The molecule has 0 radical (unpaired) electrons. The lowest BCUT2D eigenvalue weighted by Gasteiger charge is -2.22. The van der Waals surface area contributed by atoms with E-state index in [1.807, 2.05) is 0 Å². The fraction of sp³-hybridized carbons (Fsp3) is 1.00. The van der Waals surface area contributed by atoms with Crippen molar-refractivity contribution in [2.45, 2.75) is 13.8 Å². The number of nitrogens with one attached hydrogen (secondary N) is 1. The van der Waals surface area contributed by atoms with E-state index in [0.29, 0.717) is 0 Å². The van der Waals surface area contributed by atoms with Crippen molar-refractivity contribution in [1.29, 1.82) is 0 Å². The molecule has 0 aliphatic heterocycles. The molecule has 0 saturated carbocycles. The molecule has 0 aromatic rings. The van der Waals surface area contributed by atoms with Crippen molar-refractivity contribution >= 4 is 0 Å². The third-order valence-electron chi connectivity index (χ3n) is 3.33. The van der Waals surface area contributed by atoms with Crippen molar-refractivity contribution in [3.05, 3.63) is 0 Å². The zero-order valence-electron chi connectivity index (χ0n) is 13.3. The molecule has 0 amide bonds. The van der Waals surface area contributed by atoms with Crippen molar-refractivity contribution in [2.24, 2.45) is 0 Å². The van der Waals surface area contributed by atoms with Gasteiger partial charge in [-0.1, -0.05) is 13.8 Å². The zero-order valence-corrected chi connectivity index (χ0v) is 13.3. The first kappa shape index (κ1) is 18.8. The van der Waals surface area contributed by atoms with Crippen LogP contribution in [0.25, 0.3) is 0 Å². The van der Waals surface area contributed by atoms with Crippen LogP contribution in [0.1, 0.15) is 13.8 Å². The predicted molar refractivity (Wildman–Crippen MR) is 80.8 cm³/mol. The van der Waals surface area contributed by atoms with Gasteiger partial charge >= 0.3 is 0 Å². The maximum absolute atomic E-state index is 5.13. The number of likely N-dealkylation sites (N-methyl/N-ethyl adjacent to an activating group) is 1. The Morgan fingerprint density at radius 3 is 1.63 bits per heavy atom. The number of ether oxygens (including phenoxy) is 2. The molecule has 1 N–H and O–H groups in total. The normalized spacial score (nSPS) is 11.7. The van der Waals surface area contributed by atoms with Gasteiger partial charge in [0.1, 0.15) is 0 Å².